The highest BCUT2D eigenvalue weighted by molar-refractivity contribution is 5.69. The highest BCUT2D eigenvalue weighted by Gasteiger charge is 2.36. The molecule has 1 heterocycles. The van der Waals surface area contributed by atoms with E-state index >= 15 is 0 Å². The molecule has 0 spiro atoms. The topological polar surface area (TPSA) is 70.0 Å². The number of β-amino-alcohol motifs (C(OH)–C–C–N with tert-alkyl or cyclic N) is 1. The molecule has 0 radical (unpaired) electrons. The Hall–Kier alpha value is -0.810. The van der Waals surface area contributed by atoms with E-state index in [2.05, 4.69) is 0 Å². The van der Waals surface area contributed by atoms with Crippen LogP contribution in [-0.4, -0.2) is 52.1 Å². The average molecular weight is 245 g/mol. The van der Waals surface area contributed by atoms with Gasteiger partial charge in [0.1, 0.15) is 5.60 Å². The molecule has 1 aliphatic rings. The third-order valence-corrected chi connectivity index (χ3v) is 2.72. The zero-order valence-electron chi connectivity index (χ0n) is 10.8. The average Bonchev–Trinajstić information content (AvgIpc) is 2.54. The molecule has 2 atom stereocenters. The Morgan fingerprint density at radius 3 is 2.65 bits per heavy atom. The first-order chi connectivity index (χ1) is 7.83. The summed E-state index contributed by atoms with van der Waals surface area (Å²) in [5.74, 6) is 0. The van der Waals surface area contributed by atoms with Gasteiger partial charge in [0.2, 0.25) is 0 Å². The van der Waals surface area contributed by atoms with Crippen LogP contribution in [-0.2, 0) is 4.74 Å². The van der Waals surface area contributed by atoms with Crippen molar-refractivity contribution in [2.75, 3.05) is 13.2 Å². The second-order valence-electron chi connectivity index (χ2n) is 5.54. The zero-order valence-corrected chi connectivity index (χ0v) is 10.8. The third kappa shape index (κ3) is 4.52. The molecule has 5 heteroatoms. The summed E-state index contributed by atoms with van der Waals surface area (Å²) in [5, 5.41) is 18.4. The number of carbonyl (C=O) groups is 1. The Morgan fingerprint density at radius 1 is 1.47 bits per heavy atom. The van der Waals surface area contributed by atoms with Crippen LogP contribution in [0.1, 0.15) is 40.0 Å². The third-order valence-electron chi connectivity index (χ3n) is 2.72. The molecule has 0 bridgehead atoms. The van der Waals surface area contributed by atoms with Crippen molar-refractivity contribution in [3.05, 3.63) is 0 Å². The van der Waals surface area contributed by atoms with Gasteiger partial charge in [-0.25, -0.2) is 4.79 Å². The number of amides is 1. The smallest absolute Gasteiger partial charge is 0.410 e. The van der Waals surface area contributed by atoms with Crippen molar-refractivity contribution in [2.24, 2.45) is 0 Å². The number of carbonyl (C=O) groups excluding carboxylic acids is 1. The van der Waals surface area contributed by atoms with E-state index in [1.165, 1.54) is 0 Å². The summed E-state index contributed by atoms with van der Waals surface area (Å²) in [6.07, 6.45) is 1.05. The van der Waals surface area contributed by atoms with Crippen LogP contribution in [0.2, 0.25) is 0 Å². The molecule has 0 aliphatic carbocycles. The van der Waals surface area contributed by atoms with Crippen molar-refractivity contribution in [2.45, 2.75) is 57.8 Å². The van der Waals surface area contributed by atoms with Gasteiger partial charge < -0.3 is 19.8 Å². The number of aliphatic hydroxyl groups excluding tert-OH is 2. The minimum absolute atomic E-state index is 0.0213. The van der Waals surface area contributed by atoms with Gasteiger partial charge in [-0.1, -0.05) is 0 Å². The molecular weight excluding hydrogens is 222 g/mol. The first kappa shape index (κ1) is 14.3. The SMILES string of the molecule is CC(C)(C)OC(=O)N1C[C@H](O)C[C@@H]1CCCO. The van der Waals surface area contributed by atoms with Crippen LogP contribution in [0.3, 0.4) is 0 Å². The quantitative estimate of drug-likeness (QED) is 0.782. The summed E-state index contributed by atoms with van der Waals surface area (Å²) in [4.78, 5) is 13.5. The molecule has 0 aromatic rings. The fourth-order valence-corrected chi connectivity index (χ4v) is 2.04. The molecule has 1 fully saturated rings. The Labute approximate surface area is 102 Å². The molecule has 1 aliphatic heterocycles. The van der Waals surface area contributed by atoms with Crippen molar-refractivity contribution in [1.29, 1.82) is 0 Å². The van der Waals surface area contributed by atoms with Crippen LogP contribution in [0.25, 0.3) is 0 Å². The van der Waals surface area contributed by atoms with Crippen molar-refractivity contribution in [3.8, 4) is 0 Å². The lowest BCUT2D eigenvalue weighted by atomic mass is 10.1. The van der Waals surface area contributed by atoms with Gasteiger partial charge in [-0.2, -0.15) is 0 Å². The number of likely N-dealkylation sites (tertiary alicyclic amines) is 1. The maximum Gasteiger partial charge on any atom is 0.410 e. The lowest BCUT2D eigenvalue weighted by Gasteiger charge is -2.28. The molecule has 0 saturated carbocycles. The number of ether oxygens (including phenoxy) is 1. The van der Waals surface area contributed by atoms with E-state index in [0.29, 0.717) is 25.8 Å². The first-order valence-corrected chi connectivity index (χ1v) is 6.12. The van der Waals surface area contributed by atoms with E-state index in [4.69, 9.17) is 9.84 Å². The Bertz CT molecular complexity index is 262. The van der Waals surface area contributed by atoms with Crippen LogP contribution >= 0.6 is 0 Å². The summed E-state index contributed by atoms with van der Waals surface area (Å²) in [6, 6.07) is -0.0213. The Balaban J connectivity index is 2.57. The van der Waals surface area contributed by atoms with Gasteiger partial charge in [-0.15, -0.1) is 0 Å². The van der Waals surface area contributed by atoms with Crippen molar-refractivity contribution < 1.29 is 19.7 Å². The molecule has 0 aromatic carbocycles. The number of nitrogens with zero attached hydrogens (tertiary/aromatic N) is 1. The van der Waals surface area contributed by atoms with Crippen LogP contribution in [0, 0.1) is 0 Å². The minimum atomic E-state index is -0.522. The molecule has 5 nitrogen and oxygen atoms in total. The molecule has 0 aromatic heterocycles. The molecule has 0 unspecified atom stereocenters. The lowest BCUT2D eigenvalue weighted by molar-refractivity contribution is 0.0198. The number of aliphatic hydroxyl groups is 2. The Kier molecular flexibility index (Phi) is 4.77. The summed E-state index contributed by atoms with van der Waals surface area (Å²) < 4.78 is 5.29. The van der Waals surface area contributed by atoms with Gasteiger partial charge in [-0.3, -0.25) is 0 Å². The molecular formula is C12H23NO4. The summed E-state index contributed by atoms with van der Waals surface area (Å²) in [5.41, 5.74) is -0.522. The first-order valence-electron chi connectivity index (χ1n) is 6.12. The largest absolute Gasteiger partial charge is 0.444 e. The van der Waals surface area contributed by atoms with Crippen molar-refractivity contribution in [3.63, 3.8) is 0 Å². The summed E-state index contributed by atoms with van der Waals surface area (Å²) in [7, 11) is 0. The second-order valence-corrected chi connectivity index (χ2v) is 5.54. The van der Waals surface area contributed by atoms with E-state index in [9.17, 15) is 9.90 Å². The van der Waals surface area contributed by atoms with Crippen molar-refractivity contribution >= 4 is 6.09 Å². The highest BCUT2D eigenvalue weighted by Crippen LogP contribution is 2.24. The maximum atomic E-state index is 11.9. The number of hydrogen-bond donors (Lipinski definition) is 2. The maximum absolute atomic E-state index is 11.9. The van der Waals surface area contributed by atoms with E-state index in [1.54, 1.807) is 4.90 Å². The van der Waals surface area contributed by atoms with Gasteiger partial charge in [0.05, 0.1) is 12.6 Å². The highest BCUT2D eigenvalue weighted by atomic mass is 16.6. The van der Waals surface area contributed by atoms with Crippen LogP contribution in [0.4, 0.5) is 4.79 Å². The van der Waals surface area contributed by atoms with E-state index in [-0.39, 0.29) is 18.7 Å². The predicted molar refractivity (Wildman–Crippen MR) is 63.7 cm³/mol. The molecule has 1 saturated heterocycles. The van der Waals surface area contributed by atoms with Crippen LogP contribution in [0.5, 0.6) is 0 Å². The van der Waals surface area contributed by atoms with Crippen LogP contribution < -0.4 is 0 Å². The normalized spacial score (nSPS) is 25.1. The van der Waals surface area contributed by atoms with Gasteiger partial charge in [0.15, 0.2) is 0 Å². The fraction of sp³-hybridized carbons (Fsp3) is 0.917. The van der Waals surface area contributed by atoms with E-state index in [1.807, 2.05) is 20.8 Å². The minimum Gasteiger partial charge on any atom is -0.444 e. The second kappa shape index (κ2) is 5.69. The lowest BCUT2D eigenvalue weighted by Crippen LogP contribution is -2.40. The summed E-state index contributed by atoms with van der Waals surface area (Å²) in [6.45, 7) is 5.89. The molecule has 2 N–H and O–H groups in total. The van der Waals surface area contributed by atoms with Gasteiger partial charge in [0.25, 0.3) is 0 Å². The number of hydrogen-bond acceptors (Lipinski definition) is 4. The van der Waals surface area contributed by atoms with E-state index in [0.717, 1.165) is 0 Å². The van der Waals surface area contributed by atoms with E-state index < -0.39 is 11.7 Å². The van der Waals surface area contributed by atoms with Crippen molar-refractivity contribution in [1.82, 2.24) is 4.90 Å². The molecule has 1 rings (SSSR count). The van der Waals surface area contributed by atoms with Gasteiger partial charge >= 0.3 is 6.09 Å². The summed E-state index contributed by atoms with van der Waals surface area (Å²) >= 11 is 0. The standard InChI is InChI=1S/C12H23NO4/c1-12(2,3)17-11(16)13-8-10(15)7-9(13)5-4-6-14/h9-10,14-15H,4-8H2,1-3H3/t9-,10+/m0/s1. The van der Waals surface area contributed by atoms with Gasteiger partial charge in [0, 0.05) is 12.6 Å². The van der Waals surface area contributed by atoms with Gasteiger partial charge in [-0.05, 0) is 40.0 Å². The predicted octanol–water partition coefficient (Wildman–Crippen LogP) is 1.13. The molecule has 17 heavy (non-hydrogen) atoms. The Morgan fingerprint density at radius 2 is 2.12 bits per heavy atom. The zero-order chi connectivity index (χ0) is 13.1. The monoisotopic (exact) mass is 245 g/mol. The molecule has 100 valence electrons. The van der Waals surface area contributed by atoms with Crippen LogP contribution in [0.15, 0.2) is 0 Å². The molecule has 1 amide bonds. The number of rotatable bonds is 3. The fourth-order valence-electron chi connectivity index (χ4n) is 2.04.